The van der Waals surface area contributed by atoms with E-state index in [1.54, 1.807) is 31.2 Å². The molecule has 0 bridgehead atoms. The molecule has 2 aromatic carbocycles. The molecule has 0 radical (unpaired) electrons. The van der Waals surface area contributed by atoms with Crippen molar-refractivity contribution >= 4 is 33.8 Å². The Kier molecular flexibility index (Phi) is 4.90. The molecular formula is C19H15BrO5. The Morgan fingerprint density at radius 3 is 2.60 bits per heavy atom. The smallest absolute Gasteiger partial charge is 0.346 e. The van der Waals surface area contributed by atoms with Crippen LogP contribution in [0.2, 0.25) is 0 Å². The van der Waals surface area contributed by atoms with E-state index in [4.69, 9.17) is 9.47 Å². The van der Waals surface area contributed by atoms with Crippen molar-refractivity contribution in [3.8, 4) is 11.5 Å². The molecule has 0 unspecified atom stereocenters. The summed E-state index contributed by atoms with van der Waals surface area (Å²) in [6.45, 7) is 1.59. The van der Waals surface area contributed by atoms with Gasteiger partial charge in [-0.25, -0.2) is 4.79 Å². The van der Waals surface area contributed by atoms with E-state index in [-0.39, 0.29) is 11.5 Å². The summed E-state index contributed by atoms with van der Waals surface area (Å²) in [5, 5.41) is 0. The molecule has 3 rings (SSSR count). The number of ether oxygens (including phenoxy) is 3. The number of rotatable bonds is 4. The zero-order chi connectivity index (χ0) is 18.0. The van der Waals surface area contributed by atoms with Crippen molar-refractivity contribution < 1.29 is 23.8 Å². The average molecular weight is 403 g/mol. The molecule has 0 saturated heterocycles. The third kappa shape index (κ3) is 3.74. The van der Waals surface area contributed by atoms with Gasteiger partial charge in [0.25, 0.3) is 0 Å². The zero-order valence-corrected chi connectivity index (χ0v) is 15.2. The molecule has 0 amide bonds. The van der Waals surface area contributed by atoms with Gasteiger partial charge >= 0.3 is 5.97 Å². The summed E-state index contributed by atoms with van der Waals surface area (Å²) in [5.41, 5.74) is 1.32. The van der Waals surface area contributed by atoms with Gasteiger partial charge in [-0.2, -0.15) is 0 Å². The standard InChI is InChI=1S/C19H15BrO5/c1-11(19(22)23-2)24-14-7-8-15-16(10-14)25-17(18(15)21)9-12-3-5-13(20)6-4-12/h3-11H,1-2H3/b17-9-/t11-/m0/s1. The Hall–Kier alpha value is -2.60. The van der Waals surface area contributed by atoms with Gasteiger partial charge in [0, 0.05) is 10.5 Å². The lowest BCUT2D eigenvalue weighted by Gasteiger charge is -2.12. The SMILES string of the molecule is COC(=O)[C@H](C)Oc1ccc2c(c1)O/C(=C\c1ccc(Br)cc1)C2=O. The van der Waals surface area contributed by atoms with Crippen LogP contribution in [-0.2, 0) is 9.53 Å². The van der Waals surface area contributed by atoms with Crippen molar-refractivity contribution in [3.63, 3.8) is 0 Å². The van der Waals surface area contributed by atoms with Gasteiger partial charge in [0.15, 0.2) is 11.9 Å². The molecule has 0 N–H and O–H groups in total. The minimum absolute atomic E-state index is 0.189. The summed E-state index contributed by atoms with van der Waals surface area (Å²) in [6.07, 6.45) is 0.935. The molecule has 1 aliphatic rings. The lowest BCUT2D eigenvalue weighted by Crippen LogP contribution is -2.24. The fraction of sp³-hybridized carbons (Fsp3) is 0.158. The zero-order valence-electron chi connectivity index (χ0n) is 13.6. The van der Waals surface area contributed by atoms with Crippen molar-refractivity contribution in [1.29, 1.82) is 0 Å². The highest BCUT2D eigenvalue weighted by Gasteiger charge is 2.28. The molecule has 1 aliphatic heterocycles. The number of fused-ring (bicyclic) bond motifs is 1. The second-order valence-corrected chi connectivity index (χ2v) is 6.35. The molecular weight excluding hydrogens is 388 g/mol. The first-order chi connectivity index (χ1) is 12.0. The Morgan fingerprint density at radius 1 is 1.20 bits per heavy atom. The Bertz CT molecular complexity index is 855. The molecule has 128 valence electrons. The van der Waals surface area contributed by atoms with Crippen LogP contribution in [0.1, 0.15) is 22.8 Å². The van der Waals surface area contributed by atoms with Crippen LogP contribution in [0.15, 0.2) is 52.7 Å². The minimum Gasteiger partial charge on any atom is -0.479 e. The molecule has 0 saturated carbocycles. The van der Waals surface area contributed by atoms with E-state index < -0.39 is 12.1 Å². The maximum Gasteiger partial charge on any atom is 0.346 e. The van der Waals surface area contributed by atoms with Crippen LogP contribution in [-0.4, -0.2) is 25.0 Å². The molecule has 2 aromatic rings. The van der Waals surface area contributed by atoms with Crippen molar-refractivity contribution in [2.24, 2.45) is 0 Å². The molecule has 6 heteroatoms. The molecule has 1 atom stereocenters. The quantitative estimate of drug-likeness (QED) is 0.571. The van der Waals surface area contributed by atoms with Gasteiger partial charge in [-0.3, -0.25) is 4.79 Å². The van der Waals surface area contributed by atoms with E-state index in [9.17, 15) is 9.59 Å². The number of hydrogen-bond acceptors (Lipinski definition) is 5. The molecule has 1 heterocycles. The molecule has 0 fully saturated rings. The van der Waals surface area contributed by atoms with Gasteiger partial charge in [0.05, 0.1) is 12.7 Å². The van der Waals surface area contributed by atoms with Gasteiger partial charge in [-0.05, 0) is 42.8 Å². The number of carbonyl (C=O) groups excluding carboxylic acids is 2. The van der Waals surface area contributed by atoms with Gasteiger partial charge in [-0.1, -0.05) is 28.1 Å². The average Bonchev–Trinajstić information content (AvgIpc) is 2.91. The van der Waals surface area contributed by atoms with E-state index in [1.165, 1.54) is 7.11 Å². The van der Waals surface area contributed by atoms with Gasteiger partial charge in [0.2, 0.25) is 5.78 Å². The molecule has 5 nitrogen and oxygen atoms in total. The summed E-state index contributed by atoms with van der Waals surface area (Å²) in [6, 6.07) is 12.4. The van der Waals surface area contributed by atoms with Crippen LogP contribution < -0.4 is 9.47 Å². The second kappa shape index (κ2) is 7.11. The Morgan fingerprint density at radius 2 is 1.92 bits per heavy atom. The van der Waals surface area contributed by atoms with E-state index in [2.05, 4.69) is 20.7 Å². The number of ketones is 1. The second-order valence-electron chi connectivity index (χ2n) is 5.43. The molecule has 0 aromatic heterocycles. The Balaban J connectivity index is 1.81. The van der Waals surface area contributed by atoms with Crippen molar-refractivity contribution in [2.75, 3.05) is 7.11 Å². The lowest BCUT2D eigenvalue weighted by atomic mass is 10.1. The first-order valence-corrected chi connectivity index (χ1v) is 8.35. The number of carbonyl (C=O) groups is 2. The fourth-order valence-electron chi connectivity index (χ4n) is 2.37. The van der Waals surface area contributed by atoms with E-state index in [0.29, 0.717) is 17.1 Å². The predicted molar refractivity (Wildman–Crippen MR) is 95.6 cm³/mol. The fourth-order valence-corrected chi connectivity index (χ4v) is 2.63. The summed E-state index contributed by atoms with van der Waals surface area (Å²) in [7, 11) is 1.30. The van der Waals surface area contributed by atoms with Gasteiger partial charge in [0.1, 0.15) is 11.5 Å². The molecule has 25 heavy (non-hydrogen) atoms. The summed E-state index contributed by atoms with van der Waals surface area (Å²) in [4.78, 5) is 23.9. The van der Waals surface area contributed by atoms with Crippen LogP contribution in [0.25, 0.3) is 6.08 Å². The third-order valence-corrected chi connectivity index (χ3v) is 4.18. The highest BCUT2D eigenvalue weighted by Crippen LogP contribution is 2.35. The van der Waals surface area contributed by atoms with Crippen molar-refractivity contribution in [3.05, 3.63) is 63.8 Å². The first-order valence-electron chi connectivity index (χ1n) is 7.56. The normalized spacial score (nSPS) is 15.5. The lowest BCUT2D eigenvalue weighted by molar-refractivity contribution is -0.147. The predicted octanol–water partition coefficient (Wildman–Crippen LogP) is 4.01. The van der Waals surface area contributed by atoms with Crippen LogP contribution in [0.3, 0.4) is 0 Å². The largest absolute Gasteiger partial charge is 0.479 e. The van der Waals surface area contributed by atoms with E-state index >= 15 is 0 Å². The van der Waals surface area contributed by atoms with Crippen molar-refractivity contribution in [2.45, 2.75) is 13.0 Å². The van der Waals surface area contributed by atoms with Crippen molar-refractivity contribution in [1.82, 2.24) is 0 Å². The number of Topliss-reactive ketones (excluding diaryl/α,β-unsaturated/α-hetero) is 1. The number of methoxy groups -OCH3 is 1. The summed E-state index contributed by atoms with van der Waals surface area (Å²) < 4.78 is 16.8. The highest BCUT2D eigenvalue weighted by atomic mass is 79.9. The van der Waals surface area contributed by atoms with Crippen LogP contribution in [0, 0.1) is 0 Å². The third-order valence-electron chi connectivity index (χ3n) is 3.66. The minimum atomic E-state index is -0.752. The van der Waals surface area contributed by atoms with Crippen LogP contribution >= 0.6 is 15.9 Å². The Labute approximate surface area is 153 Å². The van der Waals surface area contributed by atoms with Crippen LogP contribution in [0.4, 0.5) is 0 Å². The highest BCUT2D eigenvalue weighted by molar-refractivity contribution is 9.10. The van der Waals surface area contributed by atoms with Gasteiger partial charge in [-0.15, -0.1) is 0 Å². The maximum absolute atomic E-state index is 12.4. The summed E-state index contributed by atoms with van der Waals surface area (Å²) >= 11 is 3.37. The topological polar surface area (TPSA) is 61.8 Å². The molecule has 0 spiro atoms. The number of esters is 1. The van der Waals surface area contributed by atoms with E-state index in [1.807, 2.05) is 24.3 Å². The first kappa shape index (κ1) is 17.2. The van der Waals surface area contributed by atoms with E-state index in [0.717, 1.165) is 10.0 Å². The molecule has 0 aliphatic carbocycles. The number of allylic oxidation sites excluding steroid dienone is 1. The van der Waals surface area contributed by atoms with Gasteiger partial charge < -0.3 is 14.2 Å². The maximum atomic E-state index is 12.4. The summed E-state index contributed by atoms with van der Waals surface area (Å²) in [5.74, 6) is 0.409. The number of halogens is 1. The number of hydrogen-bond donors (Lipinski definition) is 0. The van der Waals surface area contributed by atoms with Crippen LogP contribution in [0.5, 0.6) is 11.5 Å². The monoisotopic (exact) mass is 402 g/mol. The number of benzene rings is 2.